The van der Waals surface area contributed by atoms with Crippen LogP contribution in [0.25, 0.3) is 11.0 Å². The molecule has 0 aliphatic rings. The van der Waals surface area contributed by atoms with Crippen molar-refractivity contribution in [3.8, 4) is 0 Å². The van der Waals surface area contributed by atoms with E-state index in [2.05, 4.69) is 35.1 Å². The van der Waals surface area contributed by atoms with Crippen LogP contribution in [0, 0.1) is 6.92 Å². The molecule has 0 bridgehead atoms. The Hall–Kier alpha value is -0.220. The van der Waals surface area contributed by atoms with E-state index in [-0.39, 0.29) is 6.04 Å². The van der Waals surface area contributed by atoms with Crippen molar-refractivity contribution in [2.45, 2.75) is 33.2 Å². The third-order valence-corrected chi connectivity index (χ3v) is 4.70. The first kappa shape index (κ1) is 15.2. The van der Waals surface area contributed by atoms with Gasteiger partial charge in [-0.2, -0.15) is 0 Å². The number of rotatable bonds is 4. The van der Waals surface area contributed by atoms with Gasteiger partial charge < -0.3 is 9.73 Å². The van der Waals surface area contributed by atoms with Crippen LogP contribution in [0.5, 0.6) is 0 Å². The summed E-state index contributed by atoms with van der Waals surface area (Å²) >= 11 is 16.0. The molecule has 0 saturated carbocycles. The molecule has 0 spiro atoms. The molecule has 0 saturated heterocycles. The molecule has 1 atom stereocenters. The molecule has 2 nitrogen and oxygen atoms in total. The van der Waals surface area contributed by atoms with E-state index in [9.17, 15) is 0 Å². The van der Waals surface area contributed by atoms with Gasteiger partial charge in [-0.3, -0.25) is 0 Å². The van der Waals surface area contributed by atoms with Gasteiger partial charge in [-0.25, -0.2) is 0 Å². The molecule has 1 aromatic heterocycles. The lowest BCUT2D eigenvalue weighted by molar-refractivity contribution is 0.449. The van der Waals surface area contributed by atoms with Gasteiger partial charge in [0, 0.05) is 15.4 Å². The van der Waals surface area contributed by atoms with Crippen molar-refractivity contribution in [2.75, 3.05) is 6.54 Å². The molecule has 5 heteroatoms. The molecule has 1 heterocycles. The SMILES string of the molecule is CCCNC(C)c1oc2c(Cl)cc(Br)c(Cl)c2c1C. The van der Waals surface area contributed by atoms with Crippen molar-refractivity contribution >= 4 is 50.1 Å². The van der Waals surface area contributed by atoms with Gasteiger partial charge in [0.05, 0.1) is 16.1 Å². The standard InChI is InChI=1S/C14H16BrCl2NO/c1-4-5-18-8(3)13-7(2)11-12(17)9(15)6-10(16)14(11)19-13/h6,8,18H,4-5H2,1-3H3. The summed E-state index contributed by atoms with van der Waals surface area (Å²) in [6.07, 6.45) is 1.08. The van der Waals surface area contributed by atoms with Gasteiger partial charge >= 0.3 is 0 Å². The average molecular weight is 365 g/mol. The molecule has 1 N–H and O–H groups in total. The molecule has 0 aliphatic heterocycles. The quantitative estimate of drug-likeness (QED) is 0.686. The van der Waals surface area contributed by atoms with Gasteiger partial charge in [-0.05, 0) is 48.8 Å². The third-order valence-electron chi connectivity index (χ3n) is 3.18. The summed E-state index contributed by atoms with van der Waals surface area (Å²) in [5.41, 5.74) is 1.70. The third kappa shape index (κ3) is 2.80. The molecule has 0 radical (unpaired) electrons. The van der Waals surface area contributed by atoms with Crippen LogP contribution in [0.4, 0.5) is 0 Å². The number of nitrogens with one attached hydrogen (secondary N) is 1. The molecular formula is C14H16BrCl2NO. The topological polar surface area (TPSA) is 25.2 Å². The van der Waals surface area contributed by atoms with Crippen LogP contribution in [0.3, 0.4) is 0 Å². The predicted molar refractivity (Wildman–Crippen MR) is 85.4 cm³/mol. The maximum absolute atomic E-state index is 6.34. The zero-order chi connectivity index (χ0) is 14.2. The molecule has 104 valence electrons. The summed E-state index contributed by atoms with van der Waals surface area (Å²) in [5, 5.41) is 5.52. The number of halogens is 3. The Morgan fingerprint density at radius 1 is 1.42 bits per heavy atom. The normalized spacial score (nSPS) is 13.2. The minimum atomic E-state index is 0.137. The zero-order valence-corrected chi connectivity index (χ0v) is 14.2. The summed E-state index contributed by atoms with van der Waals surface area (Å²) in [4.78, 5) is 0. The van der Waals surface area contributed by atoms with Crippen LogP contribution in [-0.2, 0) is 0 Å². The van der Waals surface area contributed by atoms with Gasteiger partial charge in [0.15, 0.2) is 5.58 Å². The minimum absolute atomic E-state index is 0.137. The van der Waals surface area contributed by atoms with Crippen molar-refractivity contribution in [3.05, 3.63) is 31.9 Å². The van der Waals surface area contributed by atoms with Gasteiger partial charge in [0.25, 0.3) is 0 Å². The second-order valence-electron chi connectivity index (χ2n) is 4.63. The maximum Gasteiger partial charge on any atom is 0.154 e. The number of aryl methyl sites for hydroxylation is 1. The monoisotopic (exact) mass is 363 g/mol. The van der Waals surface area contributed by atoms with Crippen LogP contribution in [-0.4, -0.2) is 6.54 Å². The number of fused-ring (bicyclic) bond motifs is 1. The zero-order valence-electron chi connectivity index (χ0n) is 11.1. The highest BCUT2D eigenvalue weighted by Gasteiger charge is 2.21. The summed E-state index contributed by atoms with van der Waals surface area (Å²) in [5.74, 6) is 0.894. The van der Waals surface area contributed by atoms with E-state index in [0.29, 0.717) is 15.6 Å². The molecule has 1 aromatic carbocycles. The van der Waals surface area contributed by atoms with Crippen molar-refractivity contribution in [3.63, 3.8) is 0 Å². The van der Waals surface area contributed by atoms with E-state index in [1.54, 1.807) is 6.07 Å². The first-order chi connectivity index (χ1) is 8.97. The van der Waals surface area contributed by atoms with Crippen molar-refractivity contribution < 1.29 is 4.42 Å². The van der Waals surface area contributed by atoms with Crippen LogP contribution in [0.15, 0.2) is 15.0 Å². The Morgan fingerprint density at radius 2 is 2.11 bits per heavy atom. The highest BCUT2D eigenvalue weighted by Crippen LogP contribution is 2.41. The maximum atomic E-state index is 6.34. The summed E-state index contributed by atoms with van der Waals surface area (Å²) < 4.78 is 6.71. The molecule has 0 amide bonds. The van der Waals surface area contributed by atoms with E-state index in [0.717, 1.165) is 34.1 Å². The first-order valence-corrected chi connectivity index (χ1v) is 7.82. The molecule has 0 aliphatic carbocycles. The first-order valence-electron chi connectivity index (χ1n) is 6.27. The number of furan rings is 1. The van der Waals surface area contributed by atoms with Crippen molar-refractivity contribution in [2.24, 2.45) is 0 Å². The van der Waals surface area contributed by atoms with E-state index < -0.39 is 0 Å². The van der Waals surface area contributed by atoms with Gasteiger partial charge in [0.1, 0.15) is 5.76 Å². The number of hydrogen-bond donors (Lipinski definition) is 1. The lowest BCUT2D eigenvalue weighted by Crippen LogP contribution is -2.19. The lowest BCUT2D eigenvalue weighted by atomic mass is 10.1. The summed E-state index contributed by atoms with van der Waals surface area (Å²) in [7, 11) is 0. The van der Waals surface area contributed by atoms with Gasteiger partial charge in [0.2, 0.25) is 0 Å². The van der Waals surface area contributed by atoms with Crippen molar-refractivity contribution in [1.82, 2.24) is 5.32 Å². The van der Waals surface area contributed by atoms with E-state index in [1.807, 2.05) is 6.92 Å². The fraction of sp³-hybridized carbons (Fsp3) is 0.429. The van der Waals surface area contributed by atoms with Crippen LogP contribution >= 0.6 is 39.1 Å². The molecule has 1 unspecified atom stereocenters. The van der Waals surface area contributed by atoms with Crippen LogP contribution in [0.2, 0.25) is 10.0 Å². The number of hydrogen-bond acceptors (Lipinski definition) is 2. The van der Waals surface area contributed by atoms with Gasteiger partial charge in [-0.15, -0.1) is 0 Å². The summed E-state index contributed by atoms with van der Waals surface area (Å²) in [6.45, 7) is 7.18. The largest absolute Gasteiger partial charge is 0.457 e. The second kappa shape index (κ2) is 6.04. The molecule has 19 heavy (non-hydrogen) atoms. The Labute approximate surface area is 131 Å². The van der Waals surface area contributed by atoms with E-state index in [1.165, 1.54) is 0 Å². The lowest BCUT2D eigenvalue weighted by Gasteiger charge is -2.11. The Balaban J connectivity index is 2.57. The van der Waals surface area contributed by atoms with Crippen LogP contribution < -0.4 is 5.32 Å². The minimum Gasteiger partial charge on any atom is -0.457 e. The van der Waals surface area contributed by atoms with Gasteiger partial charge in [-0.1, -0.05) is 30.1 Å². The average Bonchev–Trinajstić information content (AvgIpc) is 2.72. The van der Waals surface area contributed by atoms with E-state index in [4.69, 9.17) is 27.6 Å². The predicted octanol–water partition coefficient (Wildman–Crippen LogP) is 5.87. The van der Waals surface area contributed by atoms with Crippen molar-refractivity contribution in [1.29, 1.82) is 0 Å². The Bertz CT molecular complexity index is 609. The molecule has 2 rings (SSSR count). The van der Waals surface area contributed by atoms with Crippen LogP contribution in [0.1, 0.15) is 37.6 Å². The number of benzene rings is 1. The second-order valence-corrected chi connectivity index (χ2v) is 6.26. The Kier molecular flexibility index (Phi) is 4.83. The summed E-state index contributed by atoms with van der Waals surface area (Å²) in [6, 6.07) is 1.90. The highest BCUT2D eigenvalue weighted by molar-refractivity contribution is 9.10. The molecule has 2 aromatic rings. The molecule has 0 fully saturated rings. The molecular weight excluding hydrogens is 349 g/mol. The smallest absolute Gasteiger partial charge is 0.154 e. The fourth-order valence-electron chi connectivity index (χ4n) is 2.19. The van der Waals surface area contributed by atoms with E-state index >= 15 is 0 Å². The Morgan fingerprint density at radius 3 is 2.74 bits per heavy atom. The highest BCUT2D eigenvalue weighted by atomic mass is 79.9. The fourth-order valence-corrected chi connectivity index (χ4v) is 3.27.